The fourth-order valence-corrected chi connectivity index (χ4v) is 4.15. The largest absolute Gasteiger partial charge is 0.445 e. The van der Waals surface area contributed by atoms with E-state index in [0.717, 1.165) is 17.7 Å². The normalized spacial score (nSPS) is 13.3. The number of nitrogens with zero attached hydrogens (tertiary/aromatic N) is 2. The Bertz CT molecular complexity index is 1150. The van der Waals surface area contributed by atoms with Crippen molar-refractivity contribution in [2.24, 2.45) is 0 Å². The number of hydrogen-bond donors (Lipinski definition) is 0. The van der Waals surface area contributed by atoms with Gasteiger partial charge in [-0.2, -0.15) is 0 Å². The molecule has 0 radical (unpaired) electrons. The highest BCUT2D eigenvalue weighted by Crippen LogP contribution is 2.33. The lowest BCUT2D eigenvalue weighted by Gasteiger charge is -2.27. The first kappa shape index (κ1) is 17.6. The molecule has 0 saturated carbocycles. The minimum Gasteiger partial charge on any atom is -0.445 e. The van der Waals surface area contributed by atoms with Gasteiger partial charge in [-0.25, -0.2) is 4.79 Å². The van der Waals surface area contributed by atoms with Crippen molar-refractivity contribution < 1.29 is 9.53 Å². The van der Waals surface area contributed by atoms with E-state index in [4.69, 9.17) is 4.74 Å². The van der Waals surface area contributed by atoms with Crippen LogP contribution < -0.4 is 0 Å². The van der Waals surface area contributed by atoms with Crippen LogP contribution in [0.15, 0.2) is 84.9 Å². The summed E-state index contributed by atoms with van der Waals surface area (Å²) >= 11 is 0. The van der Waals surface area contributed by atoms with E-state index in [1.54, 1.807) is 0 Å². The molecule has 5 rings (SSSR count). The van der Waals surface area contributed by atoms with Crippen LogP contribution in [0.2, 0.25) is 0 Å². The molecule has 0 atom stereocenters. The Hall–Kier alpha value is -3.53. The van der Waals surface area contributed by atoms with E-state index in [9.17, 15) is 4.79 Å². The molecule has 1 aromatic heterocycles. The van der Waals surface area contributed by atoms with Gasteiger partial charge in [0.25, 0.3) is 0 Å². The van der Waals surface area contributed by atoms with E-state index in [0.29, 0.717) is 19.7 Å². The number of amides is 1. The van der Waals surface area contributed by atoms with Gasteiger partial charge < -0.3 is 14.2 Å². The molecule has 0 saturated heterocycles. The summed E-state index contributed by atoms with van der Waals surface area (Å²) in [7, 11) is 0. The third kappa shape index (κ3) is 3.27. The molecule has 1 aliphatic heterocycles. The third-order valence-corrected chi connectivity index (χ3v) is 5.53. The molecule has 4 aromatic rings. The molecule has 144 valence electrons. The molecule has 0 N–H and O–H groups in total. The van der Waals surface area contributed by atoms with Crippen molar-refractivity contribution in [3.05, 3.63) is 102 Å². The van der Waals surface area contributed by atoms with Crippen molar-refractivity contribution in [3.63, 3.8) is 0 Å². The molecule has 0 aliphatic carbocycles. The minimum absolute atomic E-state index is 0.254. The van der Waals surface area contributed by atoms with Crippen molar-refractivity contribution in [3.8, 4) is 5.69 Å². The first-order valence-corrected chi connectivity index (χ1v) is 9.93. The van der Waals surface area contributed by atoms with Gasteiger partial charge >= 0.3 is 6.09 Å². The van der Waals surface area contributed by atoms with E-state index < -0.39 is 0 Å². The first-order valence-electron chi connectivity index (χ1n) is 9.93. The Balaban J connectivity index is 1.44. The maximum absolute atomic E-state index is 12.7. The van der Waals surface area contributed by atoms with Crippen molar-refractivity contribution in [1.82, 2.24) is 9.47 Å². The zero-order valence-corrected chi connectivity index (χ0v) is 16.1. The van der Waals surface area contributed by atoms with Gasteiger partial charge in [0.15, 0.2) is 0 Å². The molecule has 1 amide bonds. The molecule has 4 nitrogen and oxygen atoms in total. The lowest BCUT2D eigenvalue weighted by molar-refractivity contribution is 0.0918. The average Bonchev–Trinajstić information content (AvgIpc) is 3.12. The molecule has 2 heterocycles. The Morgan fingerprint density at radius 1 is 0.862 bits per heavy atom. The quantitative estimate of drug-likeness (QED) is 0.480. The number of fused-ring (bicyclic) bond motifs is 3. The summed E-state index contributed by atoms with van der Waals surface area (Å²) in [5.41, 5.74) is 5.84. The fourth-order valence-electron chi connectivity index (χ4n) is 4.15. The molecule has 3 aromatic carbocycles. The molecule has 0 bridgehead atoms. The van der Waals surface area contributed by atoms with Crippen LogP contribution in [-0.2, 0) is 24.3 Å². The lowest BCUT2D eigenvalue weighted by atomic mass is 10.0. The molecular weight excluding hydrogens is 360 g/mol. The van der Waals surface area contributed by atoms with Gasteiger partial charge in [0.2, 0.25) is 0 Å². The van der Waals surface area contributed by atoms with E-state index in [2.05, 4.69) is 53.1 Å². The number of carbonyl (C=O) groups is 1. The number of carbonyl (C=O) groups excluding carboxylic acids is 1. The summed E-state index contributed by atoms with van der Waals surface area (Å²) in [4.78, 5) is 14.5. The molecular formula is C25H22N2O2. The van der Waals surface area contributed by atoms with Crippen LogP contribution in [0.4, 0.5) is 4.79 Å². The zero-order chi connectivity index (χ0) is 19.6. The second-order valence-electron chi connectivity index (χ2n) is 7.33. The van der Waals surface area contributed by atoms with Crippen molar-refractivity contribution in [2.75, 3.05) is 6.54 Å². The zero-order valence-electron chi connectivity index (χ0n) is 16.1. The smallest absolute Gasteiger partial charge is 0.410 e. The Labute approximate surface area is 170 Å². The van der Waals surface area contributed by atoms with Crippen molar-refractivity contribution in [2.45, 2.75) is 19.6 Å². The van der Waals surface area contributed by atoms with Gasteiger partial charge in [-0.05, 0) is 23.8 Å². The molecule has 1 aliphatic rings. The van der Waals surface area contributed by atoms with Gasteiger partial charge in [-0.3, -0.25) is 0 Å². The standard InChI is InChI=1S/C25H22N2O2/c28-25(29-18-19-9-3-1-4-10-19)26-16-15-24-22(17-26)21-13-7-8-14-23(21)27(24)20-11-5-2-6-12-20/h1-14H,15-18H2. The highest BCUT2D eigenvalue weighted by atomic mass is 16.6. The van der Waals surface area contributed by atoms with E-state index in [-0.39, 0.29) is 6.09 Å². The summed E-state index contributed by atoms with van der Waals surface area (Å²) in [6, 6.07) is 28.6. The lowest BCUT2D eigenvalue weighted by Crippen LogP contribution is -2.36. The number of aromatic nitrogens is 1. The van der Waals surface area contributed by atoms with Crippen LogP contribution in [0.5, 0.6) is 0 Å². The average molecular weight is 382 g/mol. The molecule has 29 heavy (non-hydrogen) atoms. The summed E-state index contributed by atoms with van der Waals surface area (Å²) in [6.45, 7) is 1.53. The Morgan fingerprint density at radius 2 is 1.55 bits per heavy atom. The van der Waals surface area contributed by atoms with Crippen molar-refractivity contribution >= 4 is 17.0 Å². The Kier molecular flexibility index (Phi) is 4.53. The highest BCUT2D eigenvalue weighted by Gasteiger charge is 2.27. The number of para-hydroxylation sites is 2. The third-order valence-electron chi connectivity index (χ3n) is 5.53. The Morgan fingerprint density at radius 3 is 2.34 bits per heavy atom. The van der Waals surface area contributed by atoms with Crippen LogP contribution in [0, 0.1) is 0 Å². The van der Waals surface area contributed by atoms with Crippen molar-refractivity contribution in [1.29, 1.82) is 0 Å². The second kappa shape index (κ2) is 7.47. The van der Waals surface area contributed by atoms with Crippen LogP contribution in [0.3, 0.4) is 0 Å². The topological polar surface area (TPSA) is 34.5 Å². The number of benzene rings is 3. The maximum atomic E-state index is 12.7. The summed E-state index contributed by atoms with van der Waals surface area (Å²) in [5, 5.41) is 1.20. The number of rotatable bonds is 3. The monoisotopic (exact) mass is 382 g/mol. The highest BCUT2D eigenvalue weighted by molar-refractivity contribution is 5.88. The molecule has 4 heteroatoms. The van der Waals surface area contributed by atoms with E-state index in [1.165, 1.54) is 22.2 Å². The van der Waals surface area contributed by atoms with Crippen LogP contribution in [-0.4, -0.2) is 22.1 Å². The first-order chi connectivity index (χ1) is 14.3. The van der Waals surface area contributed by atoms with Crippen LogP contribution in [0.1, 0.15) is 16.8 Å². The van der Waals surface area contributed by atoms with Gasteiger partial charge in [0.1, 0.15) is 6.61 Å². The number of ether oxygens (including phenoxy) is 1. The van der Waals surface area contributed by atoms with Crippen LogP contribution >= 0.6 is 0 Å². The van der Waals surface area contributed by atoms with Gasteiger partial charge in [-0.15, -0.1) is 0 Å². The van der Waals surface area contributed by atoms with Gasteiger partial charge in [0, 0.05) is 35.3 Å². The molecule has 0 unspecified atom stereocenters. The summed E-state index contributed by atoms with van der Waals surface area (Å²) in [6.07, 6.45) is 0.551. The molecule has 0 fully saturated rings. The van der Waals surface area contributed by atoms with E-state index >= 15 is 0 Å². The predicted octanol–water partition coefficient (Wildman–Crippen LogP) is 5.33. The van der Waals surface area contributed by atoms with Gasteiger partial charge in [0.05, 0.1) is 12.1 Å². The summed E-state index contributed by atoms with van der Waals surface area (Å²) < 4.78 is 7.90. The second-order valence-corrected chi connectivity index (χ2v) is 7.33. The number of hydrogen-bond acceptors (Lipinski definition) is 2. The van der Waals surface area contributed by atoms with Gasteiger partial charge in [-0.1, -0.05) is 66.7 Å². The summed E-state index contributed by atoms with van der Waals surface area (Å²) in [5.74, 6) is 0. The minimum atomic E-state index is -0.254. The van der Waals surface area contributed by atoms with Crippen LogP contribution in [0.25, 0.3) is 16.6 Å². The van der Waals surface area contributed by atoms with E-state index in [1.807, 2.05) is 41.3 Å². The fraction of sp³-hybridized carbons (Fsp3) is 0.160. The predicted molar refractivity (Wildman–Crippen MR) is 114 cm³/mol. The molecule has 0 spiro atoms. The SMILES string of the molecule is O=C(OCc1ccccc1)N1CCc2c(c3ccccc3n2-c2ccccc2)C1. The maximum Gasteiger partial charge on any atom is 0.410 e.